The molecule has 3 aromatic rings. The maximum atomic E-state index is 12.9. The number of hydrogen-bond acceptors (Lipinski definition) is 7. The summed E-state index contributed by atoms with van der Waals surface area (Å²) < 4.78 is 73.0. The Kier molecular flexibility index (Phi) is 5.74. The van der Waals surface area contributed by atoms with Crippen LogP contribution in [0.4, 0.5) is 13.2 Å². The van der Waals surface area contributed by atoms with Crippen LogP contribution in [0.15, 0.2) is 24.3 Å². The summed E-state index contributed by atoms with van der Waals surface area (Å²) >= 11 is 0. The topological polar surface area (TPSA) is 96.2 Å². The zero-order valence-corrected chi connectivity index (χ0v) is 17.4. The maximum absolute atomic E-state index is 12.9. The Morgan fingerprint density at radius 2 is 1.80 bits per heavy atom. The third-order valence-corrected chi connectivity index (χ3v) is 4.94. The molecule has 0 N–H and O–H groups in total. The van der Waals surface area contributed by atoms with Gasteiger partial charge in [-0.3, -0.25) is 4.18 Å². The van der Waals surface area contributed by atoms with Crippen molar-refractivity contribution in [3.8, 4) is 5.88 Å². The molecule has 0 bridgehead atoms. The average Bonchev–Trinajstić information content (AvgIpc) is 3.02. The lowest BCUT2D eigenvalue weighted by Gasteiger charge is -2.15. The average molecular weight is 444 g/mol. The van der Waals surface area contributed by atoms with Crippen LogP contribution < -0.4 is 4.74 Å². The third kappa shape index (κ3) is 4.54. The summed E-state index contributed by atoms with van der Waals surface area (Å²) in [4.78, 5) is 8.57. The van der Waals surface area contributed by atoms with Gasteiger partial charge in [-0.05, 0) is 31.5 Å². The van der Waals surface area contributed by atoms with E-state index >= 15 is 0 Å². The summed E-state index contributed by atoms with van der Waals surface area (Å²) in [6.45, 7) is 3.01. The number of aryl methyl sites for hydroxylation is 1. The van der Waals surface area contributed by atoms with Crippen LogP contribution in [0, 0.1) is 6.92 Å². The van der Waals surface area contributed by atoms with Crippen LogP contribution in [-0.4, -0.2) is 41.5 Å². The molecule has 30 heavy (non-hydrogen) atoms. The molecule has 12 heteroatoms. The Hall–Kier alpha value is -2.73. The van der Waals surface area contributed by atoms with Gasteiger partial charge in [0.15, 0.2) is 5.65 Å². The van der Waals surface area contributed by atoms with E-state index in [1.165, 1.54) is 23.9 Å². The van der Waals surface area contributed by atoms with Crippen LogP contribution in [0.3, 0.4) is 0 Å². The molecule has 0 saturated heterocycles. The van der Waals surface area contributed by atoms with Gasteiger partial charge in [-0.25, -0.2) is 9.67 Å². The van der Waals surface area contributed by atoms with E-state index in [1.807, 2.05) is 0 Å². The van der Waals surface area contributed by atoms with Gasteiger partial charge in [-0.1, -0.05) is 12.1 Å². The summed E-state index contributed by atoms with van der Waals surface area (Å²) in [6, 6.07) is 4.19. The zero-order valence-electron chi connectivity index (χ0n) is 16.6. The molecule has 2 heterocycles. The van der Waals surface area contributed by atoms with Gasteiger partial charge >= 0.3 is 6.18 Å². The number of alkyl halides is 3. The number of hydrogen-bond donors (Lipinski definition) is 0. The van der Waals surface area contributed by atoms with Crippen molar-refractivity contribution in [2.45, 2.75) is 32.7 Å². The third-order valence-electron chi connectivity index (χ3n) is 4.39. The van der Waals surface area contributed by atoms with Crippen LogP contribution in [0.5, 0.6) is 5.88 Å². The van der Waals surface area contributed by atoms with Crippen LogP contribution in [0.1, 0.15) is 35.6 Å². The summed E-state index contributed by atoms with van der Waals surface area (Å²) in [5.74, 6) is 0.575. The summed E-state index contributed by atoms with van der Waals surface area (Å²) in [5.41, 5.74) is 0.369. The molecule has 3 rings (SSSR count). The first-order chi connectivity index (χ1) is 13.9. The van der Waals surface area contributed by atoms with Crippen LogP contribution in [0.25, 0.3) is 11.0 Å². The molecule has 0 radical (unpaired) electrons. The number of halogens is 3. The first kappa shape index (κ1) is 22.0. The van der Waals surface area contributed by atoms with Crippen LogP contribution in [-0.2, 0) is 27.1 Å². The van der Waals surface area contributed by atoms with E-state index in [9.17, 15) is 21.6 Å². The van der Waals surface area contributed by atoms with Crippen LogP contribution >= 0.6 is 0 Å². The summed E-state index contributed by atoms with van der Waals surface area (Å²) in [5, 5.41) is 4.78. The van der Waals surface area contributed by atoms with Crippen molar-refractivity contribution in [1.82, 2.24) is 19.7 Å². The highest BCUT2D eigenvalue weighted by atomic mass is 32.2. The molecule has 0 fully saturated rings. The molecule has 162 valence electrons. The zero-order chi connectivity index (χ0) is 22.3. The Morgan fingerprint density at radius 3 is 2.33 bits per heavy atom. The molecule has 0 amide bonds. The van der Waals surface area contributed by atoms with Gasteiger partial charge in [0.25, 0.3) is 10.1 Å². The number of rotatable bonds is 6. The molecule has 1 unspecified atom stereocenters. The second-order valence-electron chi connectivity index (χ2n) is 6.63. The summed E-state index contributed by atoms with van der Waals surface area (Å²) in [7, 11) is -2.34. The van der Waals surface area contributed by atoms with E-state index in [0.29, 0.717) is 22.4 Å². The lowest BCUT2D eigenvalue weighted by Crippen LogP contribution is -2.11. The SMILES string of the molecule is COc1nc(C)nc2c1c(COS(C)(=O)=O)nn2C(C)c1ccc(C(F)(F)F)cc1. The van der Waals surface area contributed by atoms with Crippen molar-refractivity contribution < 1.29 is 30.5 Å². The van der Waals surface area contributed by atoms with Crippen molar-refractivity contribution >= 4 is 21.2 Å². The molecule has 0 aliphatic heterocycles. The fraction of sp³-hybridized carbons (Fsp3) is 0.389. The van der Waals surface area contributed by atoms with E-state index in [2.05, 4.69) is 15.1 Å². The van der Waals surface area contributed by atoms with Crippen molar-refractivity contribution in [1.29, 1.82) is 0 Å². The second kappa shape index (κ2) is 7.84. The van der Waals surface area contributed by atoms with E-state index in [0.717, 1.165) is 18.4 Å². The van der Waals surface area contributed by atoms with Gasteiger partial charge in [-0.15, -0.1) is 0 Å². The fourth-order valence-corrected chi connectivity index (χ4v) is 3.28. The quantitative estimate of drug-likeness (QED) is 0.539. The Morgan fingerprint density at radius 1 is 1.17 bits per heavy atom. The Balaban J connectivity index is 2.11. The Labute approximate surface area is 170 Å². The van der Waals surface area contributed by atoms with Gasteiger partial charge in [0.2, 0.25) is 5.88 Å². The van der Waals surface area contributed by atoms with Crippen molar-refractivity contribution in [3.63, 3.8) is 0 Å². The molecule has 0 aliphatic carbocycles. The monoisotopic (exact) mass is 444 g/mol. The first-order valence-electron chi connectivity index (χ1n) is 8.72. The number of benzene rings is 1. The smallest absolute Gasteiger partial charge is 0.416 e. The molecular formula is C18H19F3N4O4S. The minimum atomic E-state index is -4.44. The number of nitrogens with zero attached hydrogens (tertiary/aromatic N) is 4. The predicted molar refractivity (Wildman–Crippen MR) is 102 cm³/mol. The largest absolute Gasteiger partial charge is 0.480 e. The van der Waals surface area contributed by atoms with Gasteiger partial charge in [-0.2, -0.15) is 31.7 Å². The predicted octanol–water partition coefficient (Wildman–Crippen LogP) is 3.25. The van der Waals surface area contributed by atoms with Gasteiger partial charge in [0, 0.05) is 0 Å². The minimum absolute atomic E-state index is 0.190. The molecule has 0 saturated carbocycles. The van der Waals surface area contributed by atoms with Gasteiger partial charge in [0.1, 0.15) is 23.5 Å². The number of fused-ring (bicyclic) bond motifs is 1. The van der Waals surface area contributed by atoms with E-state index < -0.39 is 27.9 Å². The van der Waals surface area contributed by atoms with Crippen molar-refractivity contribution in [2.75, 3.05) is 13.4 Å². The van der Waals surface area contributed by atoms with Gasteiger partial charge < -0.3 is 4.74 Å². The highest BCUT2D eigenvalue weighted by molar-refractivity contribution is 7.85. The normalized spacial score (nSPS) is 13.6. The highest BCUT2D eigenvalue weighted by Gasteiger charge is 2.30. The minimum Gasteiger partial charge on any atom is -0.480 e. The van der Waals surface area contributed by atoms with Crippen LogP contribution in [0.2, 0.25) is 0 Å². The number of aromatic nitrogens is 4. The standard InChI is InChI=1S/C18H19F3N4O4S/c1-10(12-5-7-13(8-6-12)18(19,20)21)25-16-15(17(28-3)23-11(2)22-16)14(24-25)9-29-30(4,26)27/h5-8,10H,9H2,1-4H3. The van der Waals surface area contributed by atoms with Crippen molar-refractivity contribution in [3.05, 3.63) is 46.9 Å². The van der Waals surface area contributed by atoms with Gasteiger partial charge in [0.05, 0.1) is 25.0 Å². The van der Waals surface area contributed by atoms with E-state index in [-0.39, 0.29) is 18.2 Å². The first-order valence-corrected chi connectivity index (χ1v) is 10.5. The number of methoxy groups -OCH3 is 1. The molecule has 8 nitrogen and oxygen atoms in total. The molecule has 1 atom stereocenters. The summed E-state index contributed by atoms with van der Waals surface area (Å²) in [6.07, 6.45) is -3.52. The molecule has 2 aromatic heterocycles. The second-order valence-corrected chi connectivity index (χ2v) is 8.28. The Bertz CT molecular complexity index is 1170. The van der Waals surface area contributed by atoms with Crippen molar-refractivity contribution in [2.24, 2.45) is 0 Å². The molecule has 0 spiro atoms. The van der Waals surface area contributed by atoms with E-state index in [1.54, 1.807) is 13.8 Å². The lowest BCUT2D eigenvalue weighted by atomic mass is 10.1. The maximum Gasteiger partial charge on any atom is 0.416 e. The highest BCUT2D eigenvalue weighted by Crippen LogP contribution is 2.33. The molecule has 1 aromatic carbocycles. The number of ether oxygens (including phenoxy) is 1. The molecular weight excluding hydrogens is 425 g/mol. The molecule has 0 aliphatic rings. The lowest BCUT2D eigenvalue weighted by molar-refractivity contribution is -0.137. The fourth-order valence-electron chi connectivity index (χ4n) is 2.95. The van der Waals surface area contributed by atoms with E-state index in [4.69, 9.17) is 8.92 Å².